The van der Waals surface area contributed by atoms with E-state index >= 15 is 0 Å². The van der Waals surface area contributed by atoms with E-state index < -0.39 is 0 Å². The molecule has 3 nitrogen and oxygen atoms in total. The zero-order chi connectivity index (χ0) is 15.1. The van der Waals surface area contributed by atoms with Gasteiger partial charge in [-0.05, 0) is 34.3 Å². The van der Waals surface area contributed by atoms with Crippen molar-refractivity contribution >= 4 is 21.7 Å². The van der Waals surface area contributed by atoms with Crippen LogP contribution >= 0.6 is 15.9 Å². The molecule has 0 saturated heterocycles. The van der Waals surface area contributed by atoms with Crippen LogP contribution in [0.5, 0.6) is 0 Å². The Hall–Kier alpha value is -1.42. The fourth-order valence-corrected chi connectivity index (χ4v) is 2.68. The lowest BCUT2D eigenvalue weighted by atomic mass is 10.1. The Morgan fingerprint density at radius 2 is 1.81 bits per heavy atom. The lowest BCUT2D eigenvalue weighted by Crippen LogP contribution is -2.09. The first-order valence-corrected chi connectivity index (χ1v) is 8.37. The number of nitrogens with zero attached hydrogens (tertiary/aromatic N) is 2. The number of benzene rings is 1. The Bertz CT molecular complexity index is 570. The van der Waals surface area contributed by atoms with Gasteiger partial charge in [-0.3, -0.25) is 0 Å². The number of aromatic nitrogens is 2. The third-order valence-electron chi connectivity index (χ3n) is 3.20. The topological polar surface area (TPSA) is 37.8 Å². The van der Waals surface area contributed by atoms with Crippen molar-refractivity contribution < 1.29 is 0 Å². The monoisotopic (exact) mass is 347 g/mol. The van der Waals surface area contributed by atoms with Gasteiger partial charge in [0.15, 0.2) is 0 Å². The second kappa shape index (κ2) is 8.13. The van der Waals surface area contributed by atoms with Gasteiger partial charge in [-0.15, -0.1) is 0 Å². The second-order valence-corrected chi connectivity index (χ2v) is 5.88. The van der Waals surface area contributed by atoms with E-state index in [0.29, 0.717) is 0 Å². The Morgan fingerprint density at radius 3 is 2.48 bits per heavy atom. The van der Waals surface area contributed by atoms with Gasteiger partial charge in [-0.1, -0.05) is 50.6 Å². The molecule has 0 radical (unpaired) electrons. The van der Waals surface area contributed by atoms with E-state index in [1.54, 1.807) is 0 Å². The summed E-state index contributed by atoms with van der Waals surface area (Å²) in [6.07, 6.45) is 3.89. The molecule has 1 aromatic heterocycles. The van der Waals surface area contributed by atoms with E-state index in [0.717, 1.165) is 54.0 Å². The molecule has 0 aliphatic rings. The van der Waals surface area contributed by atoms with Crippen molar-refractivity contribution in [1.82, 2.24) is 9.97 Å². The van der Waals surface area contributed by atoms with Crippen molar-refractivity contribution in [2.24, 2.45) is 0 Å². The Kier molecular flexibility index (Phi) is 6.18. The van der Waals surface area contributed by atoms with Crippen LogP contribution in [0.2, 0.25) is 0 Å². The smallest absolute Gasteiger partial charge is 0.144 e. The molecular weight excluding hydrogens is 326 g/mol. The highest BCUT2D eigenvalue weighted by molar-refractivity contribution is 9.10. The summed E-state index contributed by atoms with van der Waals surface area (Å²) < 4.78 is 1.01. The Labute approximate surface area is 135 Å². The fourth-order valence-electron chi connectivity index (χ4n) is 2.17. The second-order valence-electron chi connectivity index (χ2n) is 5.09. The summed E-state index contributed by atoms with van der Waals surface area (Å²) in [6.45, 7) is 5.25. The molecule has 0 atom stereocenters. The van der Waals surface area contributed by atoms with E-state index in [1.807, 2.05) is 6.07 Å². The number of aryl methyl sites for hydroxylation is 1. The molecule has 0 fully saturated rings. The summed E-state index contributed by atoms with van der Waals surface area (Å²) in [6, 6.07) is 10.4. The van der Waals surface area contributed by atoms with Gasteiger partial charge in [0.25, 0.3) is 0 Å². The largest absolute Gasteiger partial charge is 0.369 e. The minimum absolute atomic E-state index is 0.769. The van der Waals surface area contributed by atoms with Gasteiger partial charge in [0.05, 0.1) is 10.2 Å². The molecule has 0 amide bonds. The maximum Gasteiger partial charge on any atom is 0.144 e. The maximum atomic E-state index is 4.73. The van der Waals surface area contributed by atoms with Gasteiger partial charge in [-0.2, -0.15) is 0 Å². The van der Waals surface area contributed by atoms with Gasteiger partial charge in [0.2, 0.25) is 0 Å². The molecule has 1 N–H and O–H groups in total. The van der Waals surface area contributed by atoms with Crippen LogP contribution in [0.25, 0.3) is 0 Å². The molecule has 4 heteroatoms. The predicted molar refractivity (Wildman–Crippen MR) is 91.8 cm³/mol. The summed E-state index contributed by atoms with van der Waals surface area (Å²) in [5, 5.41) is 3.39. The molecule has 2 aromatic rings. The highest BCUT2D eigenvalue weighted by Crippen LogP contribution is 2.25. The maximum absolute atomic E-state index is 4.73. The standard InChI is InChI=1S/C17H22BrN3/c1-3-8-14-16(18)17(19-11-4-2)21-15(20-14)12-13-9-6-5-7-10-13/h5-7,9-10H,3-4,8,11-12H2,1-2H3,(H,19,20,21). The van der Waals surface area contributed by atoms with Crippen LogP contribution < -0.4 is 5.32 Å². The molecule has 0 bridgehead atoms. The van der Waals surface area contributed by atoms with Gasteiger partial charge in [0.1, 0.15) is 11.6 Å². The molecule has 0 aliphatic carbocycles. The Morgan fingerprint density at radius 1 is 1.05 bits per heavy atom. The minimum atomic E-state index is 0.769. The van der Waals surface area contributed by atoms with E-state index in [9.17, 15) is 0 Å². The minimum Gasteiger partial charge on any atom is -0.369 e. The van der Waals surface area contributed by atoms with Crippen LogP contribution in [0.3, 0.4) is 0 Å². The van der Waals surface area contributed by atoms with Gasteiger partial charge in [0, 0.05) is 13.0 Å². The summed E-state index contributed by atoms with van der Waals surface area (Å²) in [5.74, 6) is 1.80. The highest BCUT2D eigenvalue weighted by atomic mass is 79.9. The van der Waals surface area contributed by atoms with Crippen LogP contribution in [0, 0.1) is 0 Å². The molecule has 0 saturated carbocycles. The number of halogens is 1. The van der Waals surface area contributed by atoms with Crippen molar-refractivity contribution in [3.8, 4) is 0 Å². The molecular formula is C17H22BrN3. The lowest BCUT2D eigenvalue weighted by molar-refractivity contribution is 0.830. The van der Waals surface area contributed by atoms with E-state index in [-0.39, 0.29) is 0 Å². The van der Waals surface area contributed by atoms with Crippen LogP contribution in [0.15, 0.2) is 34.8 Å². The summed E-state index contributed by atoms with van der Waals surface area (Å²) >= 11 is 3.64. The lowest BCUT2D eigenvalue weighted by Gasteiger charge is -2.12. The molecule has 2 rings (SSSR count). The molecule has 0 aliphatic heterocycles. The zero-order valence-corrected chi connectivity index (χ0v) is 14.3. The van der Waals surface area contributed by atoms with Gasteiger partial charge < -0.3 is 5.32 Å². The van der Waals surface area contributed by atoms with Crippen molar-refractivity contribution in [2.45, 2.75) is 39.5 Å². The molecule has 0 unspecified atom stereocenters. The molecule has 112 valence electrons. The number of rotatable bonds is 7. The molecule has 21 heavy (non-hydrogen) atoms. The van der Waals surface area contributed by atoms with Gasteiger partial charge in [-0.25, -0.2) is 9.97 Å². The van der Waals surface area contributed by atoms with Crippen LogP contribution in [-0.4, -0.2) is 16.5 Å². The van der Waals surface area contributed by atoms with Gasteiger partial charge >= 0.3 is 0 Å². The predicted octanol–water partition coefficient (Wildman–Crippen LogP) is 4.60. The van der Waals surface area contributed by atoms with E-state index in [4.69, 9.17) is 4.98 Å². The average molecular weight is 348 g/mol. The first-order valence-electron chi connectivity index (χ1n) is 7.57. The van der Waals surface area contributed by atoms with Crippen LogP contribution in [0.1, 0.15) is 43.8 Å². The fraction of sp³-hybridized carbons (Fsp3) is 0.412. The SMILES string of the molecule is CCCNc1nc(Cc2ccccc2)nc(CCC)c1Br. The first-order chi connectivity index (χ1) is 10.2. The van der Waals surface area contributed by atoms with Crippen LogP contribution in [-0.2, 0) is 12.8 Å². The van der Waals surface area contributed by atoms with Crippen LogP contribution in [0.4, 0.5) is 5.82 Å². The molecule has 0 spiro atoms. The average Bonchev–Trinajstić information content (AvgIpc) is 2.50. The van der Waals surface area contributed by atoms with Crippen molar-refractivity contribution in [3.63, 3.8) is 0 Å². The Balaban J connectivity index is 2.29. The molecule has 1 heterocycles. The number of nitrogens with one attached hydrogen (secondary N) is 1. The van der Waals surface area contributed by atoms with Crippen molar-refractivity contribution in [2.75, 3.05) is 11.9 Å². The summed E-state index contributed by atoms with van der Waals surface area (Å²) in [7, 11) is 0. The molecule has 1 aromatic carbocycles. The third-order valence-corrected chi connectivity index (χ3v) is 4.03. The van der Waals surface area contributed by atoms with E-state index in [1.165, 1.54) is 5.56 Å². The van der Waals surface area contributed by atoms with E-state index in [2.05, 4.69) is 64.3 Å². The number of hydrogen-bond acceptors (Lipinski definition) is 3. The zero-order valence-electron chi connectivity index (χ0n) is 12.7. The number of anilines is 1. The number of hydrogen-bond donors (Lipinski definition) is 1. The third kappa shape index (κ3) is 4.53. The summed E-state index contributed by atoms with van der Waals surface area (Å²) in [5.41, 5.74) is 2.33. The van der Waals surface area contributed by atoms with Crippen molar-refractivity contribution in [3.05, 3.63) is 51.9 Å². The van der Waals surface area contributed by atoms with Crippen molar-refractivity contribution in [1.29, 1.82) is 0 Å². The normalized spacial score (nSPS) is 10.6. The summed E-state index contributed by atoms with van der Waals surface area (Å²) in [4.78, 5) is 9.41. The highest BCUT2D eigenvalue weighted by Gasteiger charge is 2.11. The quantitative estimate of drug-likeness (QED) is 0.794. The first kappa shape index (κ1) is 16.0.